The summed E-state index contributed by atoms with van der Waals surface area (Å²) in [6, 6.07) is -0.520. The molecule has 0 aliphatic rings. The number of rotatable bonds is 5. The molecule has 0 saturated heterocycles. The number of esters is 1. The van der Waals surface area contributed by atoms with Gasteiger partial charge >= 0.3 is 18.0 Å². The first-order chi connectivity index (χ1) is 8.18. The van der Waals surface area contributed by atoms with Crippen LogP contribution < -0.4 is 5.32 Å². The van der Waals surface area contributed by atoms with E-state index < -0.39 is 30.1 Å². The molecule has 0 fully saturated rings. The molecule has 104 valence electrons. The lowest BCUT2D eigenvalue weighted by atomic mass is 10.1. The minimum atomic E-state index is -1.09. The summed E-state index contributed by atoms with van der Waals surface area (Å²) in [7, 11) is 1.26. The van der Waals surface area contributed by atoms with Crippen molar-refractivity contribution in [3.8, 4) is 0 Å². The van der Waals surface area contributed by atoms with Crippen LogP contribution in [0.4, 0.5) is 4.79 Å². The van der Waals surface area contributed by atoms with Crippen molar-refractivity contribution in [2.24, 2.45) is 0 Å². The Morgan fingerprint density at radius 2 is 1.83 bits per heavy atom. The van der Waals surface area contributed by atoms with Crippen molar-refractivity contribution >= 4 is 18.0 Å². The van der Waals surface area contributed by atoms with Gasteiger partial charge in [-0.3, -0.25) is 9.59 Å². The third-order valence-electron chi connectivity index (χ3n) is 2.18. The molecule has 0 rings (SSSR count). The molecular formula is C11H20N2O5. The second-order valence-electron chi connectivity index (χ2n) is 4.71. The zero-order valence-electron chi connectivity index (χ0n) is 11.1. The van der Waals surface area contributed by atoms with Crippen molar-refractivity contribution in [3.63, 3.8) is 0 Å². The molecule has 0 atom stereocenters. The van der Waals surface area contributed by atoms with Gasteiger partial charge in [0.15, 0.2) is 0 Å². The normalized spacial score (nSPS) is 10.7. The Morgan fingerprint density at radius 3 is 2.22 bits per heavy atom. The Hall–Kier alpha value is -1.79. The van der Waals surface area contributed by atoms with Gasteiger partial charge < -0.3 is 20.1 Å². The van der Waals surface area contributed by atoms with Crippen molar-refractivity contribution < 1.29 is 24.2 Å². The highest BCUT2D eigenvalue weighted by molar-refractivity contribution is 5.81. The van der Waals surface area contributed by atoms with Gasteiger partial charge in [-0.15, -0.1) is 0 Å². The smallest absolute Gasteiger partial charge is 0.323 e. The fourth-order valence-electron chi connectivity index (χ4n) is 1.22. The van der Waals surface area contributed by atoms with E-state index in [1.807, 2.05) is 0 Å². The SMILES string of the molecule is COC(=O)CCNC(=O)N(CC(=O)O)C(C)(C)C. The van der Waals surface area contributed by atoms with E-state index in [4.69, 9.17) is 5.11 Å². The lowest BCUT2D eigenvalue weighted by Crippen LogP contribution is -2.52. The summed E-state index contributed by atoms with van der Waals surface area (Å²) in [5.74, 6) is -1.52. The second-order valence-corrected chi connectivity index (χ2v) is 4.71. The number of nitrogens with one attached hydrogen (secondary N) is 1. The van der Waals surface area contributed by atoms with Gasteiger partial charge in [0.1, 0.15) is 6.54 Å². The minimum Gasteiger partial charge on any atom is -0.480 e. The summed E-state index contributed by atoms with van der Waals surface area (Å²) in [5.41, 5.74) is -0.617. The van der Waals surface area contributed by atoms with E-state index in [1.165, 1.54) is 12.0 Å². The number of carbonyl (C=O) groups excluding carboxylic acids is 2. The maximum Gasteiger partial charge on any atom is 0.323 e. The monoisotopic (exact) mass is 260 g/mol. The molecule has 0 aliphatic heterocycles. The first kappa shape index (κ1) is 16.2. The van der Waals surface area contributed by atoms with Gasteiger partial charge in [-0.2, -0.15) is 0 Å². The van der Waals surface area contributed by atoms with Crippen molar-refractivity contribution in [1.29, 1.82) is 0 Å². The molecule has 0 aromatic carbocycles. The van der Waals surface area contributed by atoms with E-state index in [1.54, 1.807) is 20.8 Å². The molecule has 0 heterocycles. The fourth-order valence-corrected chi connectivity index (χ4v) is 1.22. The topological polar surface area (TPSA) is 95.9 Å². The lowest BCUT2D eigenvalue weighted by Gasteiger charge is -2.34. The third kappa shape index (κ3) is 6.07. The summed E-state index contributed by atoms with van der Waals surface area (Å²) in [5, 5.41) is 11.2. The summed E-state index contributed by atoms with van der Waals surface area (Å²) in [4.78, 5) is 34.5. The van der Waals surface area contributed by atoms with Crippen LogP contribution in [0.2, 0.25) is 0 Å². The highest BCUT2D eigenvalue weighted by Crippen LogP contribution is 2.12. The van der Waals surface area contributed by atoms with Gasteiger partial charge in [0, 0.05) is 12.1 Å². The molecule has 0 aromatic heterocycles. The van der Waals surface area contributed by atoms with Crippen molar-refractivity contribution in [2.45, 2.75) is 32.7 Å². The summed E-state index contributed by atoms with van der Waals surface area (Å²) in [6.45, 7) is 4.91. The highest BCUT2D eigenvalue weighted by atomic mass is 16.5. The molecule has 0 radical (unpaired) electrons. The molecule has 0 aliphatic carbocycles. The van der Waals surface area contributed by atoms with Crippen LogP contribution in [0.15, 0.2) is 0 Å². The van der Waals surface area contributed by atoms with E-state index in [-0.39, 0.29) is 13.0 Å². The number of nitrogens with zero attached hydrogens (tertiary/aromatic N) is 1. The van der Waals surface area contributed by atoms with E-state index in [0.717, 1.165) is 0 Å². The summed E-state index contributed by atoms with van der Waals surface area (Å²) >= 11 is 0. The molecule has 0 aromatic rings. The van der Waals surface area contributed by atoms with Gasteiger partial charge in [-0.25, -0.2) is 4.79 Å². The molecule has 18 heavy (non-hydrogen) atoms. The summed E-state index contributed by atoms with van der Waals surface area (Å²) < 4.78 is 4.43. The molecule has 2 amide bonds. The van der Waals surface area contributed by atoms with Crippen LogP contribution >= 0.6 is 0 Å². The summed E-state index contributed by atoms with van der Waals surface area (Å²) in [6.07, 6.45) is 0.0489. The molecular weight excluding hydrogens is 240 g/mol. The van der Waals surface area contributed by atoms with Crippen LogP contribution in [0.1, 0.15) is 27.2 Å². The van der Waals surface area contributed by atoms with Crippen molar-refractivity contribution in [2.75, 3.05) is 20.2 Å². The number of ether oxygens (including phenoxy) is 1. The first-order valence-electron chi connectivity index (χ1n) is 5.52. The molecule has 0 unspecified atom stereocenters. The Balaban J connectivity index is 4.40. The largest absolute Gasteiger partial charge is 0.480 e. The van der Waals surface area contributed by atoms with E-state index in [9.17, 15) is 14.4 Å². The van der Waals surface area contributed by atoms with Gasteiger partial charge in [0.05, 0.1) is 13.5 Å². The van der Waals surface area contributed by atoms with E-state index >= 15 is 0 Å². The van der Waals surface area contributed by atoms with E-state index in [2.05, 4.69) is 10.1 Å². The van der Waals surface area contributed by atoms with Crippen LogP contribution in [-0.2, 0) is 14.3 Å². The van der Waals surface area contributed by atoms with Gasteiger partial charge in [-0.1, -0.05) is 0 Å². The molecule has 0 bridgehead atoms. The number of amides is 2. The van der Waals surface area contributed by atoms with Crippen LogP contribution in [0, 0.1) is 0 Å². The van der Waals surface area contributed by atoms with Gasteiger partial charge in [-0.05, 0) is 20.8 Å². The van der Waals surface area contributed by atoms with Gasteiger partial charge in [0.2, 0.25) is 0 Å². The maximum atomic E-state index is 11.8. The molecule has 7 heteroatoms. The van der Waals surface area contributed by atoms with Crippen molar-refractivity contribution in [1.82, 2.24) is 10.2 Å². The first-order valence-corrected chi connectivity index (χ1v) is 5.52. The number of urea groups is 1. The molecule has 0 saturated carbocycles. The minimum absolute atomic E-state index is 0.0489. The standard InChI is InChI=1S/C11H20N2O5/c1-11(2,3)13(7-8(14)15)10(17)12-6-5-9(16)18-4/h5-7H2,1-4H3,(H,12,17)(H,14,15). The predicted octanol–water partition coefficient (Wildman–Crippen LogP) is 0.444. The quantitative estimate of drug-likeness (QED) is 0.699. The second kappa shape index (κ2) is 6.83. The predicted molar refractivity (Wildman–Crippen MR) is 64.1 cm³/mol. The van der Waals surface area contributed by atoms with Crippen LogP contribution in [-0.4, -0.2) is 53.7 Å². The number of carboxylic acids is 1. The van der Waals surface area contributed by atoms with Crippen LogP contribution in [0.3, 0.4) is 0 Å². The van der Waals surface area contributed by atoms with Crippen molar-refractivity contribution in [3.05, 3.63) is 0 Å². The zero-order valence-corrected chi connectivity index (χ0v) is 11.1. The molecule has 7 nitrogen and oxygen atoms in total. The molecule has 0 spiro atoms. The molecule has 2 N–H and O–H groups in total. The number of hydrogen-bond donors (Lipinski definition) is 2. The number of carbonyl (C=O) groups is 3. The third-order valence-corrected chi connectivity index (χ3v) is 2.18. The number of carboxylic acid groups (broad SMARTS) is 1. The lowest BCUT2D eigenvalue weighted by molar-refractivity contribution is -0.141. The number of methoxy groups -OCH3 is 1. The Morgan fingerprint density at radius 1 is 1.28 bits per heavy atom. The number of aliphatic carboxylic acids is 1. The zero-order chi connectivity index (χ0) is 14.3. The Kier molecular flexibility index (Phi) is 6.15. The fraction of sp³-hybridized carbons (Fsp3) is 0.727. The number of hydrogen-bond acceptors (Lipinski definition) is 4. The van der Waals surface area contributed by atoms with Gasteiger partial charge in [0.25, 0.3) is 0 Å². The average Bonchev–Trinajstić information content (AvgIpc) is 2.23. The Bertz CT molecular complexity index is 322. The van der Waals surface area contributed by atoms with Crippen LogP contribution in [0.25, 0.3) is 0 Å². The maximum absolute atomic E-state index is 11.8. The average molecular weight is 260 g/mol. The Labute approximate surface area is 106 Å². The van der Waals surface area contributed by atoms with Crippen LogP contribution in [0.5, 0.6) is 0 Å². The highest BCUT2D eigenvalue weighted by Gasteiger charge is 2.28. The van der Waals surface area contributed by atoms with E-state index in [0.29, 0.717) is 0 Å².